The van der Waals surface area contributed by atoms with E-state index >= 15 is 0 Å². The second kappa shape index (κ2) is 9.32. The first-order chi connectivity index (χ1) is 13.1. The molecule has 0 aliphatic heterocycles. The van der Waals surface area contributed by atoms with Crippen LogP contribution >= 0.6 is 11.8 Å². The van der Waals surface area contributed by atoms with E-state index in [0.29, 0.717) is 19.4 Å². The highest BCUT2D eigenvalue weighted by Gasteiger charge is 2.11. The van der Waals surface area contributed by atoms with Gasteiger partial charge in [0.15, 0.2) is 5.16 Å². The molecule has 3 rings (SSSR count). The first kappa shape index (κ1) is 19.1. The number of rotatable bonds is 8. The number of aromatic nitrogens is 3. The Morgan fingerprint density at radius 3 is 2.56 bits per heavy atom. The van der Waals surface area contributed by atoms with Crippen LogP contribution in [0.2, 0.25) is 0 Å². The Bertz CT molecular complexity index is 881. The van der Waals surface area contributed by atoms with Gasteiger partial charge in [-0.15, -0.1) is 10.2 Å². The zero-order chi connectivity index (χ0) is 19.1. The summed E-state index contributed by atoms with van der Waals surface area (Å²) >= 11 is 1.36. The molecule has 7 heteroatoms. The summed E-state index contributed by atoms with van der Waals surface area (Å²) in [7, 11) is 1.91. The Morgan fingerprint density at radius 1 is 1.07 bits per heavy atom. The number of hydrogen-bond donors (Lipinski definition) is 1. The van der Waals surface area contributed by atoms with Crippen molar-refractivity contribution in [1.82, 2.24) is 20.1 Å². The molecule has 1 amide bonds. The fraction of sp³-hybridized carbons (Fsp3) is 0.250. The van der Waals surface area contributed by atoms with Gasteiger partial charge >= 0.3 is 0 Å². The number of hydrogen-bond acceptors (Lipinski definition) is 4. The maximum Gasteiger partial charge on any atom is 0.230 e. The predicted octanol–water partition coefficient (Wildman–Crippen LogP) is 3.00. The summed E-state index contributed by atoms with van der Waals surface area (Å²) in [5.41, 5.74) is 2.16. The summed E-state index contributed by atoms with van der Waals surface area (Å²) in [4.78, 5) is 12.0. The van der Waals surface area contributed by atoms with Gasteiger partial charge in [0.25, 0.3) is 0 Å². The van der Waals surface area contributed by atoms with Gasteiger partial charge in [-0.05, 0) is 29.7 Å². The number of amides is 1. The zero-order valence-corrected chi connectivity index (χ0v) is 15.9. The first-order valence-corrected chi connectivity index (χ1v) is 9.66. The van der Waals surface area contributed by atoms with E-state index in [1.54, 1.807) is 12.1 Å². The standard InChI is InChI=1S/C20H21FN4OS/c1-25-18(13-16-5-3-2-4-6-16)23-24-20(25)27-14-19(26)22-12-11-15-7-9-17(21)10-8-15/h2-10H,11-14H2,1H3,(H,22,26). The van der Waals surface area contributed by atoms with E-state index in [1.165, 1.54) is 29.5 Å². The lowest BCUT2D eigenvalue weighted by Gasteiger charge is -2.06. The minimum Gasteiger partial charge on any atom is -0.355 e. The zero-order valence-electron chi connectivity index (χ0n) is 15.1. The van der Waals surface area contributed by atoms with Crippen LogP contribution in [-0.2, 0) is 24.7 Å². The van der Waals surface area contributed by atoms with E-state index in [-0.39, 0.29) is 17.5 Å². The summed E-state index contributed by atoms with van der Waals surface area (Å²) < 4.78 is 14.8. The number of thioether (sulfide) groups is 1. The second-order valence-corrected chi connectivity index (χ2v) is 7.08. The number of carbonyl (C=O) groups is 1. The number of nitrogens with one attached hydrogen (secondary N) is 1. The number of carbonyl (C=O) groups excluding carboxylic acids is 1. The van der Waals surface area contributed by atoms with Gasteiger partial charge in [0.05, 0.1) is 5.75 Å². The molecule has 0 saturated heterocycles. The molecule has 2 aromatic carbocycles. The monoisotopic (exact) mass is 384 g/mol. The van der Waals surface area contributed by atoms with Gasteiger partial charge in [-0.25, -0.2) is 4.39 Å². The molecular weight excluding hydrogens is 363 g/mol. The van der Waals surface area contributed by atoms with E-state index in [2.05, 4.69) is 27.6 Å². The van der Waals surface area contributed by atoms with Gasteiger partial charge < -0.3 is 9.88 Å². The average Bonchev–Trinajstić information content (AvgIpc) is 3.02. The van der Waals surface area contributed by atoms with Crippen LogP contribution in [0.1, 0.15) is 17.0 Å². The smallest absolute Gasteiger partial charge is 0.230 e. The molecule has 140 valence electrons. The van der Waals surface area contributed by atoms with E-state index in [4.69, 9.17) is 0 Å². The first-order valence-electron chi connectivity index (χ1n) is 8.68. The van der Waals surface area contributed by atoms with Crippen molar-refractivity contribution < 1.29 is 9.18 Å². The molecule has 3 aromatic rings. The number of halogens is 1. The third-order valence-corrected chi connectivity index (χ3v) is 5.13. The van der Waals surface area contributed by atoms with Gasteiger partial charge in [0.1, 0.15) is 11.6 Å². The largest absolute Gasteiger partial charge is 0.355 e. The molecule has 0 atom stereocenters. The molecule has 0 spiro atoms. The van der Waals surface area contributed by atoms with Crippen LogP contribution in [0.5, 0.6) is 0 Å². The lowest BCUT2D eigenvalue weighted by atomic mass is 10.1. The molecule has 0 unspecified atom stereocenters. The SMILES string of the molecule is Cn1c(Cc2ccccc2)nnc1SCC(=O)NCCc1ccc(F)cc1. The maximum atomic E-state index is 12.9. The van der Waals surface area contributed by atoms with Gasteiger partial charge in [-0.2, -0.15) is 0 Å². The Labute approximate surface area is 162 Å². The van der Waals surface area contributed by atoms with Crippen molar-refractivity contribution in [2.75, 3.05) is 12.3 Å². The second-order valence-electron chi connectivity index (χ2n) is 6.14. The molecule has 27 heavy (non-hydrogen) atoms. The predicted molar refractivity (Wildman–Crippen MR) is 104 cm³/mol. The quantitative estimate of drug-likeness (QED) is 0.607. The van der Waals surface area contributed by atoms with Gasteiger partial charge in [0, 0.05) is 20.0 Å². The lowest BCUT2D eigenvalue weighted by Crippen LogP contribution is -2.27. The van der Waals surface area contributed by atoms with E-state index < -0.39 is 0 Å². The van der Waals surface area contributed by atoms with Crippen LogP contribution in [0.15, 0.2) is 59.8 Å². The Balaban J connectivity index is 1.44. The van der Waals surface area contributed by atoms with Crippen LogP contribution < -0.4 is 5.32 Å². The van der Waals surface area contributed by atoms with Crippen LogP contribution in [0.4, 0.5) is 4.39 Å². The van der Waals surface area contributed by atoms with E-state index in [1.807, 2.05) is 29.8 Å². The molecular formula is C20H21FN4OS. The molecule has 0 fully saturated rings. The summed E-state index contributed by atoms with van der Waals surface area (Å²) in [5.74, 6) is 0.824. The van der Waals surface area contributed by atoms with Crippen LogP contribution in [0, 0.1) is 5.82 Å². The third kappa shape index (κ3) is 5.65. The molecule has 1 N–H and O–H groups in total. The summed E-state index contributed by atoms with van der Waals surface area (Å²) in [6.45, 7) is 0.517. The molecule has 0 saturated carbocycles. The minimum absolute atomic E-state index is 0.0604. The average molecular weight is 384 g/mol. The molecule has 0 radical (unpaired) electrons. The van der Waals surface area contributed by atoms with Gasteiger partial charge in [0.2, 0.25) is 5.91 Å². The Hall–Kier alpha value is -2.67. The number of benzene rings is 2. The van der Waals surface area contributed by atoms with Crippen molar-refractivity contribution in [3.05, 3.63) is 77.4 Å². The molecule has 0 aliphatic carbocycles. The van der Waals surface area contributed by atoms with Crippen molar-refractivity contribution in [1.29, 1.82) is 0 Å². The fourth-order valence-electron chi connectivity index (χ4n) is 2.58. The highest BCUT2D eigenvalue weighted by Crippen LogP contribution is 2.17. The fourth-order valence-corrected chi connectivity index (χ4v) is 3.34. The highest BCUT2D eigenvalue weighted by atomic mass is 32.2. The summed E-state index contributed by atoms with van der Waals surface area (Å²) in [5, 5.41) is 12.0. The van der Waals surface area contributed by atoms with E-state index in [9.17, 15) is 9.18 Å². The van der Waals surface area contributed by atoms with Crippen LogP contribution in [0.25, 0.3) is 0 Å². The Morgan fingerprint density at radius 2 is 1.81 bits per heavy atom. The Kier molecular flexibility index (Phi) is 6.59. The number of nitrogens with zero attached hydrogens (tertiary/aromatic N) is 3. The van der Waals surface area contributed by atoms with E-state index in [0.717, 1.165) is 16.5 Å². The molecule has 1 heterocycles. The maximum absolute atomic E-state index is 12.9. The summed E-state index contributed by atoms with van der Waals surface area (Å²) in [6, 6.07) is 16.4. The molecule has 0 aliphatic rings. The van der Waals surface area contributed by atoms with Crippen LogP contribution in [-0.4, -0.2) is 33.0 Å². The molecule has 0 bridgehead atoms. The van der Waals surface area contributed by atoms with Crippen molar-refractivity contribution in [2.45, 2.75) is 18.0 Å². The topological polar surface area (TPSA) is 59.8 Å². The molecule has 1 aromatic heterocycles. The van der Waals surface area contributed by atoms with Crippen molar-refractivity contribution in [3.8, 4) is 0 Å². The van der Waals surface area contributed by atoms with Crippen LogP contribution in [0.3, 0.4) is 0 Å². The summed E-state index contributed by atoms with van der Waals surface area (Å²) in [6.07, 6.45) is 1.37. The van der Waals surface area contributed by atoms with Gasteiger partial charge in [-0.1, -0.05) is 54.2 Å². The molecule has 5 nitrogen and oxygen atoms in total. The minimum atomic E-state index is -0.255. The lowest BCUT2D eigenvalue weighted by molar-refractivity contribution is -0.118. The highest BCUT2D eigenvalue weighted by molar-refractivity contribution is 7.99. The third-order valence-electron chi connectivity index (χ3n) is 4.11. The van der Waals surface area contributed by atoms with Crippen molar-refractivity contribution in [2.24, 2.45) is 7.05 Å². The van der Waals surface area contributed by atoms with Crippen molar-refractivity contribution in [3.63, 3.8) is 0 Å². The van der Waals surface area contributed by atoms with Crippen molar-refractivity contribution >= 4 is 17.7 Å². The normalized spacial score (nSPS) is 10.7. The van der Waals surface area contributed by atoms with Gasteiger partial charge in [-0.3, -0.25) is 4.79 Å².